The average Bonchev–Trinajstić information content (AvgIpc) is 2.17. The van der Waals surface area contributed by atoms with E-state index in [0.717, 1.165) is 12.2 Å². The minimum Gasteiger partial charge on any atom is -0.308 e. The van der Waals surface area contributed by atoms with E-state index < -0.39 is 0 Å². The van der Waals surface area contributed by atoms with E-state index in [4.69, 9.17) is 5.84 Å². The highest BCUT2D eigenvalue weighted by atomic mass is 15.2. The van der Waals surface area contributed by atoms with Gasteiger partial charge in [-0.1, -0.05) is 0 Å². The molecule has 2 rings (SSSR count). The van der Waals surface area contributed by atoms with Crippen LogP contribution in [0.3, 0.4) is 0 Å². The van der Waals surface area contributed by atoms with Crippen molar-refractivity contribution in [1.82, 2.24) is 4.98 Å². The summed E-state index contributed by atoms with van der Waals surface area (Å²) < 4.78 is 0. The number of nitrogen functional groups attached to an aromatic ring is 1. The molecule has 0 aromatic carbocycles. The average molecular weight is 163 g/mol. The summed E-state index contributed by atoms with van der Waals surface area (Å²) in [5.74, 6) is 6.22. The van der Waals surface area contributed by atoms with E-state index in [1.54, 1.807) is 0 Å². The number of nitrogens with two attached hydrogens (primary N) is 1. The molecule has 1 aromatic heterocycles. The fourth-order valence-corrected chi connectivity index (χ4v) is 1.79. The molecule has 3 heteroatoms. The Kier molecular flexibility index (Phi) is 1.96. The highest BCUT2D eigenvalue weighted by molar-refractivity contribution is 5.48. The highest BCUT2D eigenvalue weighted by Gasteiger charge is 2.12. The molecule has 0 fully saturated rings. The number of fused-ring (bicyclic) bond motifs is 1. The number of rotatable bonds is 1. The monoisotopic (exact) mass is 163 g/mol. The molecule has 0 atom stereocenters. The van der Waals surface area contributed by atoms with Crippen LogP contribution in [0.15, 0.2) is 12.3 Å². The summed E-state index contributed by atoms with van der Waals surface area (Å²) in [5.41, 5.74) is 5.36. The third-order valence-corrected chi connectivity index (χ3v) is 2.41. The number of hydrogen-bond acceptors (Lipinski definition) is 3. The number of pyridine rings is 1. The molecule has 0 bridgehead atoms. The number of hydrazine groups is 1. The van der Waals surface area contributed by atoms with Gasteiger partial charge in [0.05, 0.1) is 0 Å². The Labute approximate surface area is 72.0 Å². The maximum absolute atomic E-state index is 5.36. The molecule has 0 saturated heterocycles. The van der Waals surface area contributed by atoms with E-state index in [2.05, 4.69) is 16.5 Å². The lowest BCUT2D eigenvalue weighted by atomic mass is 9.93. The van der Waals surface area contributed by atoms with Crippen molar-refractivity contribution in [2.75, 3.05) is 5.43 Å². The van der Waals surface area contributed by atoms with Gasteiger partial charge in [0.15, 0.2) is 0 Å². The molecule has 0 aliphatic heterocycles. The first kappa shape index (κ1) is 7.55. The topological polar surface area (TPSA) is 50.9 Å². The number of nitrogens with one attached hydrogen (secondary N) is 1. The molecule has 1 aliphatic rings. The Morgan fingerprint density at radius 2 is 2.17 bits per heavy atom. The molecule has 1 heterocycles. The van der Waals surface area contributed by atoms with Gasteiger partial charge in [-0.3, -0.25) is 0 Å². The van der Waals surface area contributed by atoms with E-state index in [0.29, 0.717) is 0 Å². The second-order valence-corrected chi connectivity index (χ2v) is 3.15. The number of hydrogen-bond donors (Lipinski definition) is 2. The van der Waals surface area contributed by atoms with Gasteiger partial charge >= 0.3 is 0 Å². The van der Waals surface area contributed by atoms with Crippen LogP contribution in [0.1, 0.15) is 24.0 Å². The van der Waals surface area contributed by atoms with Gasteiger partial charge in [-0.25, -0.2) is 10.8 Å². The molecule has 3 N–H and O–H groups in total. The van der Waals surface area contributed by atoms with Crippen LogP contribution >= 0.6 is 0 Å². The van der Waals surface area contributed by atoms with Gasteiger partial charge in [0.25, 0.3) is 0 Å². The molecule has 0 saturated carbocycles. The van der Waals surface area contributed by atoms with Gasteiger partial charge in [0.2, 0.25) is 0 Å². The SMILES string of the molecule is NNc1nccc2c1CCCC2. The van der Waals surface area contributed by atoms with Crippen LogP contribution in [-0.2, 0) is 12.8 Å². The van der Waals surface area contributed by atoms with Crippen LogP contribution in [0.2, 0.25) is 0 Å². The highest BCUT2D eigenvalue weighted by Crippen LogP contribution is 2.25. The molecule has 1 aromatic rings. The van der Waals surface area contributed by atoms with Crippen molar-refractivity contribution < 1.29 is 0 Å². The van der Waals surface area contributed by atoms with Crippen molar-refractivity contribution >= 4 is 5.82 Å². The molecule has 0 unspecified atom stereocenters. The van der Waals surface area contributed by atoms with Crippen LogP contribution < -0.4 is 11.3 Å². The summed E-state index contributed by atoms with van der Waals surface area (Å²) in [5, 5.41) is 0. The summed E-state index contributed by atoms with van der Waals surface area (Å²) in [6, 6.07) is 2.09. The van der Waals surface area contributed by atoms with Crippen molar-refractivity contribution in [3.63, 3.8) is 0 Å². The van der Waals surface area contributed by atoms with Crippen LogP contribution in [0.4, 0.5) is 5.82 Å². The van der Waals surface area contributed by atoms with Gasteiger partial charge in [0, 0.05) is 6.20 Å². The quantitative estimate of drug-likeness (QED) is 0.484. The van der Waals surface area contributed by atoms with E-state index in [-0.39, 0.29) is 0 Å². The van der Waals surface area contributed by atoms with Gasteiger partial charge in [-0.15, -0.1) is 0 Å². The Hall–Kier alpha value is -1.09. The van der Waals surface area contributed by atoms with Crippen molar-refractivity contribution in [3.8, 4) is 0 Å². The minimum atomic E-state index is 0.854. The fourth-order valence-electron chi connectivity index (χ4n) is 1.79. The second-order valence-electron chi connectivity index (χ2n) is 3.15. The Morgan fingerprint density at radius 1 is 1.33 bits per heavy atom. The van der Waals surface area contributed by atoms with Crippen LogP contribution in [0, 0.1) is 0 Å². The summed E-state index contributed by atoms with van der Waals surface area (Å²) in [4.78, 5) is 4.17. The first-order valence-corrected chi connectivity index (χ1v) is 4.35. The first-order chi connectivity index (χ1) is 5.92. The number of nitrogens with zero attached hydrogens (tertiary/aromatic N) is 1. The van der Waals surface area contributed by atoms with Crippen LogP contribution in [-0.4, -0.2) is 4.98 Å². The summed E-state index contributed by atoms with van der Waals surface area (Å²) in [6.45, 7) is 0. The summed E-state index contributed by atoms with van der Waals surface area (Å²) in [6.07, 6.45) is 6.66. The maximum Gasteiger partial charge on any atom is 0.143 e. The van der Waals surface area contributed by atoms with Crippen LogP contribution in [0.5, 0.6) is 0 Å². The number of anilines is 1. The lowest BCUT2D eigenvalue weighted by Gasteiger charge is -2.17. The molecule has 0 radical (unpaired) electrons. The molecular weight excluding hydrogens is 150 g/mol. The minimum absolute atomic E-state index is 0.854. The van der Waals surface area contributed by atoms with E-state index in [1.165, 1.54) is 30.4 Å². The second kappa shape index (κ2) is 3.11. The normalized spacial score (nSPS) is 15.4. The van der Waals surface area contributed by atoms with Crippen molar-refractivity contribution in [2.24, 2.45) is 5.84 Å². The predicted octanol–water partition coefficient (Wildman–Crippen LogP) is 1.25. The van der Waals surface area contributed by atoms with Crippen molar-refractivity contribution in [3.05, 3.63) is 23.4 Å². The van der Waals surface area contributed by atoms with E-state index in [1.807, 2.05) is 6.20 Å². The largest absolute Gasteiger partial charge is 0.308 e. The lowest BCUT2D eigenvalue weighted by Crippen LogP contribution is -2.14. The van der Waals surface area contributed by atoms with Gasteiger partial charge in [-0.05, 0) is 42.9 Å². The zero-order valence-electron chi connectivity index (χ0n) is 7.01. The standard InChI is InChI=1S/C9H13N3/c10-12-9-8-4-2-1-3-7(8)5-6-11-9/h5-6H,1-4,10H2,(H,11,12). The summed E-state index contributed by atoms with van der Waals surface area (Å²) >= 11 is 0. The lowest BCUT2D eigenvalue weighted by molar-refractivity contribution is 0.683. The van der Waals surface area contributed by atoms with Gasteiger partial charge < -0.3 is 5.43 Å². The Balaban J connectivity index is 2.44. The van der Waals surface area contributed by atoms with Gasteiger partial charge in [-0.2, -0.15) is 0 Å². The third kappa shape index (κ3) is 1.16. The number of aromatic nitrogens is 1. The zero-order chi connectivity index (χ0) is 8.39. The molecule has 3 nitrogen and oxygen atoms in total. The Bertz CT molecular complexity index is 269. The Morgan fingerprint density at radius 3 is 3.00 bits per heavy atom. The number of aryl methyl sites for hydroxylation is 1. The molecule has 64 valence electrons. The fraction of sp³-hybridized carbons (Fsp3) is 0.444. The smallest absolute Gasteiger partial charge is 0.143 e. The maximum atomic E-state index is 5.36. The van der Waals surface area contributed by atoms with Crippen molar-refractivity contribution in [2.45, 2.75) is 25.7 Å². The molecular formula is C9H13N3. The van der Waals surface area contributed by atoms with Crippen LogP contribution in [0.25, 0.3) is 0 Å². The van der Waals surface area contributed by atoms with E-state index >= 15 is 0 Å². The first-order valence-electron chi connectivity index (χ1n) is 4.35. The summed E-state index contributed by atoms with van der Waals surface area (Å²) in [7, 11) is 0. The predicted molar refractivity (Wildman–Crippen MR) is 48.7 cm³/mol. The molecule has 0 amide bonds. The van der Waals surface area contributed by atoms with Crippen molar-refractivity contribution in [1.29, 1.82) is 0 Å². The molecule has 1 aliphatic carbocycles. The zero-order valence-corrected chi connectivity index (χ0v) is 7.01. The van der Waals surface area contributed by atoms with Gasteiger partial charge in [0.1, 0.15) is 5.82 Å². The third-order valence-electron chi connectivity index (χ3n) is 2.41. The molecule has 0 spiro atoms. The molecule has 12 heavy (non-hydrogen) atoms. The van der Waals surface area contributed by atoms with E-state index in [9.17, 15) is 0 Å².